The standard InChI is InChI=1S/C24H21NO5/c26-16-11-9-15(10-12-16)22(13-23(27)28)25-24(29)30-14-21-19-7-3-1-5-17(19)18-6-2-4-8-20(18)21/h1-12,21-22,26H,13-14H2,(H,25,29)(H,27,28)/t22-/m1/s1. The second kappa shape index (κ2) is 8.29. The molecule has 1 aliphatic carbocycles. The van der Waals surface area contributed by atoms with Gasteiger partial charge in [0, 0.05) is 5.92 Å². The lowest BCUT2D eigenvalue weighted by atomic mass is 9.98. The van der Waals surface area contributed by atoms with Crippen LogP contribution >= 0.6 is 0 Å². The van der Waals surface area contributed by atoms with Gasteiger partial charge in [0.15, 0.2) is 0 Å². The summed E-state index contributed by atoms with van der Waals surface area (Å²) in [5, 5.41) is 21.3. The zero-order valence-electron chi connectivity index (χ0n) is 16.1. The lowest BCUT2D eigenvalue weighted by molar-refractivity contribution is -0.137. The third-order valence-corrected chi connectivity index (χ3v) is 5.31. The van der Waals surface area contributed by atoms with Gasteiger partial charge < -0.3 is 20.3 Å². The number of benzene rings is 3. The predicted octanol–water partition coefficient (Wildman–Crippen LogP) is 4.45. The molecule has 1 aliphatic rings. The van der Waals surface area contributed by atoms with E-state index in [1.165, 1.54) is 12.1 Å². The summed E-state index contributed by atoms with van der Waals surface area (Å²) in [6.07, 6.45) is -0.981. The number of hydrogen-bond acceptors (Lipinski definition) is 4. The minimum atomic E-state index is -1.05. The second-order valence-electron chi connectivity index (χ2n) is 7.21. The Bertz CT molecular complexity index is 1030. The van der Waals surface area contributed by atoms with Gasteiger partial charge in [-0.05, 0) is 39.9 Å². The zero-order chi connectivity index (χ0) is 21.1. The number of phenolic OH excluding ortho intramolecular Hbond substituents is 1. The summed E-state index contributed by atoms with van der Waals surface area (Å²) in [5.41, 5.74) is 5.05. The molecule has 0 spiro atoms. The molecule has 0 aliphatic heterocycles. The van der Waals surface area contributed by atoms with E-state index in [0.29, 0.717) is 5.56 Å². The van der Waals surface area contributed by atoms with Crippen molar-refractivity contribution in [1.29, 1.82) is 0 Å². The Balaban J connectivity index is 1.47. The molecule has 3 aromatic rings. The van der Waals surface area contributed by atoms with E-state index in [4.69, 9.17) is 4.74 Å². The van der Waals surface area contributed by atoms with Crippen LogP contribution in [0.1, 0.15) is 35.1 Å². The molecule has 1 atom stereocenters. The molecule has 30 heavy (non-hydrogen) atoms. The number of carbonyl (C=O) groups excluding carboxylic acids is 1. The smallest absolute Gasteiger partial charge is 0.407 e. The van der Waals surface area contributed by atoms with Crippen LogP contribution in [0.3, 0.4) is 0 Å². The molecule has 152 valence electrons. The van der Waals surface area contributed by atoms with Crippen molar-refractivity contribution in [2.24, 2.45) is 0 Å². The summed E-state index contributed by atoms with van der Waals surface area (Å²) in [6.45, 7) is 0.148. The molecule has 0 radical (unpaired) electrons. The average molecular weight is 403 g/mol. The van der Waals surface area contributed by atoms with Gasteiger partial charge in [0.2, 0.25) is 0 Å². The average Bonchev–Trinajstić information content (AvgIpc) is 3.06. The van der Waals surface area contributed by atoms with Crippen molar-refractivity contribution in [1.82, 2.24) is 5.32 Å². The topological polar surface area (TPSA) is 95.9 Å². The molecule has 0 unspecified atom stereocenters. The number of carboxylic acid groups (broad SMARTS) is 1. The van der Waals surface area contributed by atoms with Crippen LogP contribution in [0.15, 0.2) is 72.8 Å². The van der Waals surface area contributed by atoms with Gasteiger partial charge in [-0.3, -0.25) is 4.79 Å². The van der Waals surface area contributed by atoms with E-state index in [-0.39, 0.29) is 24.7 Å². The summed E-state index contributed by atoms with van der Waals surface area (Å²) in [5.74, 6) is -1.06. The highest BCUT2D eigenvalue weighted by Gasteiger charge is 2.29. The van der Waals surface area contributed by atoms with Crippen molar-refractivity contribution in [3.05, 3.63) is 89.5 Å². The number of rotatable bonds is 6. The number of phenols is 1. The molecule has 4 rings (SSSR count). The Hall–Kier alpha value is -3.80. The van der Waals surface area contributed by atoms with Crippen molar-refractivity contribution in [2.75, 3.05) is 6.61 Å². The molecule has 3 N–H and O–H groups in total. The summed E-state index contributed by atoms with van der Waals surface area (Å²) in [4.78, 5) is 23.7. The Labute approximate surface area is 173 Å². The van der Waals surface area contributed by atoms with Crippen LogP contribution in [-0.4, -0.2) is 28.9 Å². The van der Waals surface area contributed by atoms with Crippen molar-refractivity contribution >= 4 is 12.1 Å². The number of nitrogens with one attached hydrogen (secondary N) is 1. The quantitative estimate of drug-likeness (QED) is 0.565. The fourth-order valence-corrected chi connectivity index (χ4v) is 3.92. The SMILES string of the molecule is O=C(O)C[C@@H](NC(=O)OCC1c2ccccc2-c2ccccc21)c1ccc(O)cc1. The van der Waals surface area contributed by atoms with E-state index in [9.17, 15) is 19.8 Å². The van der Waals surface area contributed by atoms with Crippen molar-refractivity contribution < 1.29 is 24.5 Å². The molecule has 0 saturated carbocycles. The highest BCUT2D eigenvalue weighted by molar-refractivity contribution is 5.79. The maximum atomic E-state index is 12.5. The van der Waals surface area contributed by atoms with Gasteiger partial charge in [-0.25, -0.2) is 4.79 Å². The first-order valence-electron chi connectivity index (χ1n) is 9.65. The van der Waals surface area contributed by atoms with Crippen LogP contribution in [-0.2, 0) is 9.53 Å². The number of aliphatic carboxylic acids is 1. The lowest BCUT2D eigenvalue weighted by Crippen LogP contribution is -2.31. The van der Waals surface area contributed by atoms with E-state index in [2.05, 4.69) is 17.4 Å². The molecular formula is C24H21NO5. The summed E-state index contributed by atoms with van der Waals surface area (Å²) in [6, 6.07) is 21.4. The number of carboxylic acids is 1. The minimum absolute atomic E-state index is 0.0639. The summed E-state index contributed by atoms with van der Waals surface area (Å²) in [7, 11) is 0. The third kappa shape index (κ3) is 3.98. The first kappa shape index (κ1) is 19.5. The molecule has 6 heteroatoms. The Kier molecular flexibility index (Phi) is 5.39. The molecular weight excluding hydrogens is 382 g/mol. The van der Waals surface area contributed by atoms with E-state index in [0.717, 1.165) is 22.3 Å². The largest absolute Gasteiger partial charge is 0.508 e. The number of alkyl carbamates (subject to hydrolysis) is 1. The van der Waals surface area contributed by atoms with Crippen LogP contribution in [0.25, 0.3) is 11.1 Å². The highest BCUT2D eigenvalue weighted by Crippen LogP contribution is 2.44. The van der Waals surface area contributed by atoms with Gasteiger partial charge in [0.25, 0.3) is 0 Å². The fourth-order valence-electron chi connectivity index (χ4n) is 3.92. The van der Waals surface area contributed by atoms with Crippen molar-refractivity contribution in [3.8, 4) is 16.9 Å². The minimum Gasteiger partial charge on any atom is -0.508 e. The maximum absolute atomic E-state index is 12.5. The van der Waals surface area contributed by atoms with Crippen LogP contribution in [0.5, 0.6) is 5.75 Å². The zero-order valence-corrected chi connectivity index (χ0v) is 16.1. The molecule has 0 fully saturated rings. The normalized spacial score (nSPS) is 13.2. The van der Waals surface area contributed by atoms with Gasteiger partial charge in [0.05, 0.1) is 12.5 Å². The van der Waals surface area contributed by atoms with Crippen molar-refractivity contribution in [2.45, 2.75) is 18.4 Å². The monoisotopic (exact) mass is 403 g/mol. The molecule has 1 amide bonds. The molecule has 6 nitrogen and oxygen atoms in total. The third-order valence-electron chi connectivity index (χ3n) is 5.31. The van der Waals surface area contributed by atoms with Gasteiger partial charge >= 0.3 is 12.1 Å². The number of amides is 1. The predicted molar refractivity (Wildman–Crippen MR) is 111 cm³/mol. The fraction of sp³-hybridized carbons (Fsp3) is 0.167. The van der Waals surface area contributed by atoms with Crippen LogP contribution in [0, 0.1) is 0 Å². The molecule has 0 bridgehead atoms. The molecule has 0 heterocycles. The second-order valence-corrected chi connectivity index (χ2v) is 7.21. The summed E-state index contributed by atoms with van der Waals surface area (Å²) >= 11 is 0. The Morgan fingerprint density at radius 1 is 0.900 bits per heavy atom. The van der Waals surface area contributed by atoms with Gasteiger partial charge in [-0.1, -0.05) is 60.7 Å². The van der Waals surface area contributed by atoms with E-state index < -0.39 is 18.1 Å². The Morgan fingerprint density at radius 2 is 1.47 bits per heavy atom. The molecule has 3 aromatic carbocycles. The maximum Gasteiger partial charge on any atom is 0.407 e. The van der Waals surface area contributed by atoms with Crippen LogP contribution in [0.4, 0.5) is 4.79 Å². The number of ether oxygens (including phenoxy) is 1. The first-order chi connectivity index (χ1) is 14.5. The summed E-state index contributed by atoms with van der Waals surface area (Å²) < 4.78 is 5.50. The van der Waals surface area contributed by atoms with E-state index in [1.807, 2.05) is 36.4 Å². The molecule has 0 aromatic heterocycles. The molecule has 0 saturated heterocycles. The Morgan fingerprint density at radius 3 is 2.03 bits per heavy atom. The van der Waals surface area contributed by atoms with Gasteiger partial charge in [-0.15, -0.1) is 0 Å². The number of fused-ring (bicyclic) bond motifs is 3. The van der Waals surface area contributed by atoms with Gasteiger partial charge in [0.1, 0.15) is 12.4 Å². The van der Waals surface area contributed by atoms with Crippen LogP contribution in [0.2, 0.25) is 0 Å². The van der Waals surface area contributed by atoms with Gasteiger partial charge in [-0.2, -0.15) is 0 Å². The lowest BCUT2D eigenvalue weighted by Gasteiger charge is -2.19. The first-order valence-corrected chi connectivity index (χ1v) is 9.65. The van der Waals surface area contributed by atoms with Crippen LogP contribution < -0.4 is 5.32 Å². The number of carbonyl (C=O) groups is 2. The number of aromatic hydroxyl groups is 1. The number of hydrogen-bond donors (Lipinski definition) is 3. The van der Waals surface area contributed by atoms with E-state index in [1.54, 1.807) is 12.1 Å². The van der Waals surface area contributed by atoms with Crippen molar-refractivity contribution in [3.63, 3.8) is 0 Å². The van der Waals surface area contributed by atoms with E-state index >= 15 is 0 Å². The highest BCUT2D eigenvalue weighted by atomic mass is 16.5.